The third-order valence-electron chi connectivity index (χ3n) is 5.01. The Labute approximate surface area is 143 Å². The fourth-order valence-electron chi connectivity index (χ4n) is 3.92. The number of benzene rings is 1. The molecule has 0 radical (unpaired) electrons. The van der Waals surface area contributed by atoms with Crippen molar-refractivity contribution in [2.45, 2.75) is 38.5 Å². The highest BCUT2D eigenvalue weighted by atomic mass is 16.5. The second-order valence-electron chi connectivity index (χ2n) is 6.38. The van der Waals surface area contributed by atoms with E-state index >= 15 is 0 Å². The fraction of sp³-hybridized carbons (Fsp3) is 0.450. The normalized spacial score (nSPS) is 15.0. The maximum atomic E-state index is 11.9. The number of nitrogens with zero attached hydrogens (tertiary/aromatic N) is 1. The van der Waals surface area contributed by atoms with Crippen LogP contribution in [-0.4, -0.2) is 24.3 Å². The Morgan fingerprint density at radius 3 is 2.67 bits per heavy atom. The molecule has 1 aromatic carbocycles. The van der Waals surface area contributed by atoms with E-state index in [2.05, 4.69) is 11.1 Å². The third kappa shape index (κ3) is 2.70. The number of fused-ring (bicyclic) bond motifs is 1. The van der Waals surface area contributed by atoms with Gasteiger partial charge in [-0.1, -0.05) is 25.5 Å². The van der Waals surface area contributed by atoms with Crippen LogP contribution in [0.3, 0.4) is 0 Å². The lowest BCUT2D eigenvalue weighted by atomic mass is 9.93. The van der Waals surface area contributed by atoms with Gasteiger partial charge in [-0.3, -0.25) is 0 Å². The minimum absolute atomic E-state index is 0.314. The number of esters is 1. The van der Waals surface area contributed by atoms with E-state index in [1.807, 2.05) is 32.2 Å². The average molecular weight is 327 g/mol. The van der Waals surface area contributed by atoms with Gasteiger partial charge in [0.15, 0.2) is 0 Å². The van der Waals surface area contributed by atoms with Gasteiger partial charge in [0.25, 0.3) is 0 Å². The van der Waals surface area contributed by atoms with Crippen LogP contribution in [0.5, 0.6) is 0 Å². The second-order valence-corrected chi connectivity index (χ2v) is 6.38. The Hall–Kier alpha value is -2.23. The number of methoxy groups -OCH3 is 1. The zero-order valence-corrected chi connectivity index (χ0v) is 14.7. The summed E-state index contributed by atoms with van der Waals surface area (Å²) in [5, 5.41) is 1.19. The number of hydrogen-bond acceptors (Lipinski definition) is 3. The molecule has 1 aliphatic carbocycles. The summed E-state index contributed by atoms with van der Waals surface area (Å²) in [4.78, 5) is 11.9. The minimum atomic E-state index is -0.314. The SMILES string of the molecule is C=C(OCC)c1c(C2CCCC2)c2ccc(C(=O)OC)cc2n1C. The van der Waals surface area contributed by atoms with Gasteiger partial charge in [-0.25, -0.2) is 4.79 Å². The van der Waals surface area contributed by atoms with Gasteiger partial charge < -0.3 is 14.0 Å². The van der Waals surface area contributed by atoms with Gasteiger partial charge in [-0.2, -0.15) is 0 Å². The van der Waals surface area contributed by atoms with Crippen LogP contribution < -0.4 is 0 Å². The predicted molar refractivity (Wildman–Crippen MR) is 96.1 cm³/mol. The highest BCUT2D eigenvalue weighted by Crippen LogP contribution is 2.43. The number of hydrogen-bond donors (Lipinski definition) is 0. The Bertz CT molecular complexity index is 782. The summed E-state index contributed by atoms with van der Waals surface area (Å²) < 4.78 is 12.7. The van der Waals surface area contributed by atoms with E-state index in [1.54, 1.807) is 0 Å². The first kappa shape index (κ1) is 16.6. The monoisotopic (exact) mass is 327 g/mol. The minimum Gasteiger partial charge on any atom is -0.492 e. The molecule has 128 valence electrons. The summed E-state index contributed by atoms with van der Waals surface area (Å²) in [6.07, 6.45) is 4.93. The summed E-state index contributed by atoms with van der Waals surface area (Å²) in [6, 6.07) is 5.79. The Balaban J connectivity index is 2.22. The van der Waals surface area contributed by atoms with Crippen molar-refractivity contribution >= 4 is 22.6 Å². The van der Waals surface area contributed by atoms with Crippen LogP contribution in [0.15, 0.2) is 24.8 Å². The molecule has 0 saturated heterocycles. The van der Waals surface area contributed by atoms with Crippen molar-refractivity contribution in [1.82, 2.24) is 4.57 Å². The standard InChI is InChI=1S/C20H25NO3/c1-5-24-13(2)19-18(14-8-6-7-9-14)16-11-10-15(20(22)23-4)12-17(16)21(19)3/h10-12,14H,2,5-9H2,1,3-4H3. The zero-order chi connectivity index (χ0) is 17.3. The van der Waals surface area contributed by atoms with Gasteiger partial charge in [0.1, 0.15) is 5.76 Å². The molecule has 0 bridgehead atoms. The van der Waals surface area contributed by atoms with Gasteiger partial charge in [-0.05, 0) is 43.4 Å². The maximum absolute atomic E-state index is 11.9. The molecular formula is C20H25NO3. The number of rotatable bonds is 5. The first-order valence-electron chi connectivity index (χ1n) is 8.61. The van der Waals surface area contributed by atoms with E-state index in [0.717, 1.165) is 11.2 Å². The average Bonchev–Trinajstić information content (AvgIpc) is 3.20. The number of aryl methyl sites for hydroxylation is 1. The molecular weight excluding hydrogens is 302 g/mol. The summed E-state index contributed by atoms with van der Waals surface area (Å²) in [6.45, 7) is 6.71. The predicted octanol–water partition coefficient (Wildman–Crippen LogP) is 4.63. The van der Waals surface area contributed by atoms with Gasteiger partial charge in [-0.15, -0.1) is 0 Å². The molecule has 0 unspecified atom stereocenters. The lowest BCUT2D eigenvalue weighted by Gasteiger charge is -2.15. The van der Waals surface area contributed by atoms with Crippen LogP contribution in [0.25, 0.3) is 16.7 Å². The van der Waals surface area contributed by atoms with Gasteiger partial charge in [0, 0.05) is 18.0 Å². The van der Waals surface area contributed by atoms with Crippen molar-refractivity contribution in [3.05, 3.63) is 41.6 Å². The molecule has 0 amide bonds. The molecule has 0 spiro atoms. The quantitative estimate of drug-likeness (QED) is 0.594. The van der Waals surface area contributed by atoms with E-state index in [4.69, 9.17) is 9.47 Å². The molecule has 2 aromatic rings. The molecule has 1 saturated carbocycles. The molecule has 1 aromatic heterocycles. The van der Waals surface area contributed by atoms with E-state index in [0.29, 0.717) is 23.8 Å². The van der Waals surface area contributed by atoms with E-state index in [9.17, 15) is 4.79 Å². The summed E-state index contributed by atoms with van der Waals surface area (Å²) >= 11 is 0. The van der Waals surface area contributed by atoms with Crippen LogP contribution in [0, 0.1) is 0 Å². The number of ether oxygens (including phenoxy) is 2. The molecule has 0 atom stereocenters. The van der Waals surface area contributed by atoms with Crippen LogP contribution in [0.1, 0.15) is 60.1 Å². The van der Waals surface area contributed by atoms with Crippen LogP contribution >= 0.6 is 0 Å². The molecule has 1 heterocycles. The maximum Gasteiger partial charge on any atom is 0.337 e. The molecule has 0 aliphatic heterocycles. The van der Waals surface area contributed by atoms with Crippen molar-refractivity contribution in [3.8, 4) is 0 Å². The second kappa shape index (κ2) is 6.71. The first-order valence-corrected chi connectivity index (χ1v) is 8.61. The van der Waals surface area contributed by atoms with E-state index < -0.39 is 0 Å². The third-order valence-corrected chi connectivity index (χ3v) is 5.01. The Morgan fingerprint density at radius 2 is 2.04 bits per heavy atom. The van der Waals surface area contributed by atoms with Crippen molar-refractivity contribution in [3.63, 3.8) is 0 Å². The molecule has 4 heteroatoms. The Kier molecular flexibility index (Phi) is 4.65. The lowest BCUT2D eigenvalue weighted by Crippen LogP contribution is -2.03. The summed E-state index contributed by atoms with van der Waals surface area (Å²) in [5.74, 6) is 0.924. The van der Waals surface area contributed by atoms with Gasteiger partial charge in [0.05, 0.1) is 25.0 Å². The van der Waals surface area contributed by atoms with Crippen molar-refractivity contribution in [1.29, 1.82) is 0 Å². The zero-order valence-electron chi connectivity index (χ0n) is 14.7. The molecule has 3 rings (SSSR count). The lowest BCUT2D eigenvalue weighted by molar-refractivity contribution is 0.0601. The van der Waals surface area contributed by atoms with Crippen molar-refractivity contribution in [2.24, 2.45) is 7.05 Å². The summed E-state index contributed by atoms with van der Waals surface area (Å²) in [5.41, 5.74) is 3.97. The highest BCUT2D eigenvalue weighted by molar-refractivity contribution is 5.97. The van der Waals surface area contributed by atoms with E-state index in [-0.39, 0.29) is 5.97 Å². The highest BCUT2D eigenvalue weighted by Gasteiger charge is 2.27. The number of aromatic nitrogens is 1. The smallest absolute Gasteiger partial charge is 0.337 e. The van der Waals surface area contributed by atoms with Gasteiger partial charge >= 0.3 is 5.97 Å². The Morgan fingerprint density at radius 1 is 1.33 bits per heavy atom. The van der Waals surface area contributed by atoms with Crippen LogP contribution in [0.4, 0.5) is 0 Å². The molecule has 1 aliphatic rings. The largest absolute Gasteiger partial charge is 0.492 e. The summed E-state index contributed by atoms with van der Waals surface area (Å²) in [7, 11) is 3.42. The first-order chi connectivity index (χ1) is 11.6. The van der Waals surface area contributed by atoms with Crippen molar-refractivity contribution in [2.75, 3.05) is 13.7 Å². The van der Waals surface area contributed by atoms with Crippen molar-refractivity contribution < 1.29 is 14.3 Å². The molecule has 1 fully saturated rings. The topological polar surface area (TPSA) is 40.5 Å². The van der Waals surface area contributed by atoms with Gasteiger partial charge in [0.2, 0.25) is 0 Å². The number of carbonyl (C=O) groups is 1. The van der Waals surface area contributed by atoms with Crippen LogP contribution in [0.2, 0.25) is 0 Å². The van der Waals surface area contributed by atoms with Crippen LogP contribution in [-0.2, 0) is 16.5 Å². The molecule has 4 nitrogen and oxygen atoms in total. The van der Waals surface area contributed by atoms with E-state index in [1.165, 1.54) is 43.7 Å². The molecule has 24 heavy (non-hydrogen) atoms. The number of carbonyl (C=O) groups excluding carboxylic acids is 1. The fourth-order valence-corrected chi connectivity index (χ4v) is 3.92. The molecule has 0 N–H and O–H groups in total.